The molecule has 1 amide bonds. The zero-order chi connectivity index (χ0) is 18.5. The second-order valence-corrected chi connectivity index (χ2v) is 5.79. The number of fused-ring (bicyclic) bond motifs is 1. The van der Waals surface area contributed by atoms with Gasteiger partial charge < -0.3 is 10.1 Å². The van der Waals surface area contributed by atoms with Crippen LogP contribution >= 0.6 is 0 Å². The molecule has 5 heteroatoms. The van der Waals surface area contributed by atoms with Crippen LogP contribution in [0.5, 0.6) is 0 Å². The molecule has 1 N–H and O–H groups in total. The summed E-state index contributed by atoms with van der Waals surface area (Å²) in [5.74, 6) is -1.03. The molecular formula is C21H16N2O3. The molecule has 3 aromatic rings. The zero-order valence-electron chi connectivity index (χ0n) is 14.1. The van der Waals surface area contributed by atoms with Crippen LogP contribution in [-0.2, 0) is 9.53 Å². The lowest BCUT2D eigenvalue weighted by atomic mass is 10.1. The van der Waals surface area contributed by atoms with Crippen molar-refractivity contribution in [3.63, 3.8) is 0 Å². The number of nitriles is 1. The van der Waals surface area contributed by atoms with E-state index in [1.807, 2.05) is 36.4 Å². The smallest absolute Gasteiger partial charge is 0.338 e. The van der Waals surface area contributed by atoms with Crippen LogP contribution in [0, 0.1) is 11.3 Å². The van der Waals surface area contributed by atoms with E-state index in [0.29, 0.717) is 16.8 Å². The molecule has 26 heavy (non-hydrogen) atoms. The number of ether oxygens (including phenoxy) is 1. The third-order valence-electron chi connectivity index (χ3n) is 3.90. The lowest BCUT2D eigenvalue weighted by molar-refractivity contribution is -0.123. The number of hydrogen-bond donors (Lipinski definition) is 1. The van der Waals surface area contributed by atoms with Crippen molar-refractivity contribution in [1.29, 1.82) is 5.26 Å². The van der Waals surface area contributed by atoms with Gasteiger partial charge in [-0.25, -0.2) is 4.79 Å². The van der Waals surface area contributed by atoms with Gasteiger partial charge in [-0.1, -0.05) is 36.4 Å². The molecule has 0 fully saturated rings. The van der Waals surface area contributed by atoms with Crippen molar-refractivity contribution in [3.05, 3.63) is 77.9 Å². The molecule has 0 aromatic heterocycles. The molecule has 3 rings (SSSR count). The van der Waals surface area contributed by atoms with E-state index in [1.165, 1.54) is 6.92 Å². The first-order valence-electron chi connectivity index (χ1n) is 8.07. The molecule has 5 nitrogen and oxygen atoms in total. The summed E-state index contributed by atoms with van der Waals surface area (Å²) in [6.45, 7) is 1.50. The van der Waals surface area contributed by atoms with E-state index in [2.05, 4.69) is 5.32 Å². The van der Waals surface area contributed by atoms with Gasteiger partial charge in [-0.2, -0.15) is 5.26 Å². The average molecular weight is 344 g/mol. The Morgan fingerprint density at radius 3 is 2.54 bits per heavy atom. The third-order valence-corrected chi connectivity index (χ3v) is 3.90. The Hall–Kier alpha value is -3.65. The highest BCUT2D eigenvalue weighted by Gasteiger charge is 2.19. The van der Waals surface area contributed by atoms with Gasteiger partial charge in [-0.15, -0.1) is 0 Å². The second kappa shape index (κ2) is 7.49. The lowest BCUT2D eigenvalue weighted by Gasteiger charge is -2.14. The number of hydrogen-bond acceptors (Lipinski definition) is 4. The van der Waals surface area contributed by atoms with Crippen LogP contribution in [0.3, 0.4) is 0 Å². The molecule has 3 aromatic carbocycles. The highest BCUT2D eigenvalue weighted by molar-refractivity contribution is 5.99. The third kappa shape index (κ3) is 3.87. The van der Waals surface area contributed by atoms with E-state index in [-0.39, 0.29) is 0 Å². The van der Waals surface area contributed by atoms with Gasteiger partial charge in [0.15, 0.2) is 6.10 Å². The van der Waals surface area contributed by atoms with E-state index < -0.39 is 18.0 Å². The first-order valence-corrected chi connectivity index (χ1v) is 8.07. The van der Waals surface area contributed by atoms with Crippen LogP contribution < -0.4 is 5.32 Å². The summed E-state index contributed by atoms with van der Waals surface area (Å²) in [6, 6.07) is 21.4. The Morgan fingerprint density at radius 1 is 1.00 bits per heavy atom. The zero-order valence-corrected chi connectivity index (χ0v) is 14.1. The number of amides is 1. The van der Waals surface area contributed by atoms with Crippen molar-refractivity contribution in [2.75, 3.05) is 5.32 Å². The van der Waals surface area contributed by atoms with Gasteiger partial charge in [0, 0.05) is 5.69 Å². The number of carbonyl (C=O) groups excluding carboxylic acids is 2. The largest absolute Gasteiger partial charge is 0.449 e. The molecule has 0 aliphatic heterocycles. The highest BCUT2D eigenvalue weighted by Crippen LogP contribution is 2.17. The minimum atomic E-state index is -0.972. The number of esters is 1. The molecule has 1 atom stereocenters. The summed E-state index contributed by atoms with van der Waals surface area (Å²) in [4.78, 5) is 24.5. The van der Waals surface area contributed by atoms with Gasteiger partial charge in [-0.05, 0) is 48.0 Å². The van der Waals surface area contributed by atoms with Crippen LogP contribution in [0.2, 0.25) is 0 Å². The van der Waals surface area contributed by atoms with Crippen molar-refractivity contribution in [1.82, 2.24) is 0 Å². The van der Waals surface area contributed by atoms with Crippen molar-refractivity contribution >= 4 is 28.3 Å². The lowest BCUT2D eigenvalue weighted by Crippen LogP contribution is -2.30. The molecule has 0 saturated carbocycles. The first kappa shape index (κ1) is 17.2. The molecule has 0 aliphatic rings. The van der Waals surface area contributed by atoms with Crippen LogP contribution in [0.25, 0.3) is 10.8 Å². The maximum Gasteiger partial charge on any atom is 0.338 e. The molecule has 1 unspecified atom stereocenters. The van der Waals surface area contributed by atoms with Crippen molar-refractivity contribution < 1.29 is 14.3 Å². The van der Waals surface area contributed by atoms with Crippen molar-refractivity contribution in [3.8, 4) is 6.07 Å². The average Bonchev–Trinajstić information content (AvgIpc) is 2.67. The van der Waals surface area contributed by atoms with Crippen LogP contribution in [-0.4, -0.2) is 18.0 Å². The minimum absolute atomic E-state index is 0.384. The Morgan fingerprint density at radius 2 is 1.77 bits per heavy atom. The first-order chi connectivity index (χ1) is 12.6. The fourth-order valence-corrected chi connectivity index (χ4v) is 2.51. The Balaban J connectivity index is 1.67. The molecular weight excluding hydrogens is 328 g/mol. The van der Waals surface area contributed by atoms with E-state index in [4.69, 9.17) is 10.00 Å². The molecule has 128 valence electrons. The van der Waals surface area contributed by atoms with Gasteiger partial charge >= 0.3 is 5.97 Å². The van der Waals surface area contributed by atoms with Gasteiger partial charge in [0.1, 0.15) is 0 Å². The fraction of sp³-hybridized carbons (Fsp3) is 0.0952. The summed E-state index contributed by atoms with van der Waals surface area (Å²) in [7, 11) is 0. The fourth-order valence-electron chi connectivity index (χ4n) is 2.51. The molecule has 0 bridgehead atoms. The standard InChI is InChI=1S/C21H16N2O3/c1-14(20(24)23-19-8-4-5-15(11-19)13-22)26-21(25)18-10-9-16-6-2-3-7-17(16)12-18/h2-12,14H,1H3,(H,23,24). The maximum atomic E-state index is 12.3. The minimum Gasteiger partial charge on any atom is -0.449 e. The monoisotopic (exact) mass is 344 g/mol. The quantitative estimate of drug-likeness (QED) is 0.728. The van der Waals surface area contributed by atoms with Crippen LogP contribution in [0.15, 0.2) is 66.7 Å². The number of carbonyl (C=O) groups is 2. The van der Waals surface area contributed by atoms with Gasteiger partial charge in [-0.3, -0.25) is 4.79 Å². The second-order valence-electron chi connectivity index (χ2n) is 5.79. The number of nitrogens with zero attached hydrogens (tertiary/aromatic N) is 1. The van der Waals surface area contributed by atoms with Gasteiger partial charge in [0.2, 0.25) is 0 Å². The number of rotatable bonds is 4. The molecule has 0 radical (unpaired) electrons. The van der Waals surface area contributed by atoms with Crippen molar-refractivity contribution in [2.24, 2.45) is 0 Å². The Labute approximate surface area is 150 Å². The molecule has 0 heterocycles. The number of anilines is 1. The Kier molecular flexibility index (Phi) is 4.95. The predicted octanol–water partition coefficient (Wildman–Crippen LogP) is 3.90. The van der Waals surface area contributed by atoms with Crippen LogP contribution in [0.1, 0.15) is 22.8 Å². The normalized spacial score (nSPS) is 11.4. The van der Waals surface area contributed by atoms with Crippen LogP contribution in [0.4, 0.5) is 5.69 Å². The molecule has 0 spiro atoms. The van der Waals surface area contributed by atoms with E-state index in [9.17, 15) is 9.59 Å². The number of nitrogens with one attached hydrogen (secondary N) is 1. The topological polar surface area (TPSA) is 79.2 Å². The van der Waals surface area contributed by atoms with Gasteiger partial charge in [0.05, 0.1) is 17.2 Å². The number of benzene rings is 3. The van der Waals surface area contributed by atoms with Crippen molar-refractivity contribution in [2.45, 2.75) is 13.0 Å². The highest BCUT2D eigenvalue weighted by atomic mass is 16.5. The maximum absolute atomic E-state index is 12.3. The summed E-state index contributed by atoms with van der Waals surface area (Å²) in [6.07, 6.45) is -0.972. The SMILES string of the molecule is CC(OC(=O)c1ccc2ccccc2c1)C(=O)Nc1cccc(C#N)c1. The summed E-state index contributed by atoms with van der Waals surface area (Å²) in [5.41, 5.74) is 1.29. The summed E-state index contributed by atoms with van der Waals surface area (Å²) in [5, 5.41) is 13.5. The van der Waals surface area contributed by atoms with Gasteiger partial charge in [0.25, 0.3) is 5.91 Å². The molecule has 0 saturated heterocycles. The summed E-state index contributed by atoms with van der Waals surface area (Å²) >= 11 is 0. The molecule has 0 aliphatic carbocycles. The summed E-state index contributed by atoms with van der Waals surface area (Å²) < 4.78 is 5.26. The van der Waals surface area contributed by atoms with E-state index >= 15 is 0 Å². The van der Waals surface area contributed by atoms with E-state index in [0.717, 1.165) is 10.8 Å². The Bertz CT molecular complexity index is 1020. The van der Waals surface area contributed by atoms with E-state index in [1.54, 1.807) is 36.4 Å². The predicted molar refractivity (Wildman–Crippen MR) is 98.6 cm³/mol.